The fraction of sp³-hybridized carbons (Fsp3) is 0.313. The molecule has 0 fully saturated rings. The number of aryl methyl sites for hydroxylation is 4. The zero-order valence-corrected chi connectivity index (χ0v) is 46.1. The van der Waals surface area contributed by atoms with Gasteiger partial charge in [0.05, 0.1) is 34.3 Å². The Labute approximate surface area is 434 Å². The van der Waals surface area contributed by atoms with Gasteiger partial charge in [-0.1, -0.05) is 132 Å². The summed E-state index contributed by atoms with van der Waals surface area (Å²) in [5, 5.41) is 2.33. The van der Waals surface area contributed by atoms with Crippen LogP contribution in [0.4, 0.5) is 22.7 Å². The quantitative estimate of drug-likeness (QED) is 0.159. The lowest BCUT2D eigenvalue weighted by Crippen LogP contribution is -2.25. The van der Waals surface area contributed by atoms with Gasteiger partial charge >= 0.3 is 0 Å². The number of nitrogens with zero attached hydrogens (tertiary/aromatic N) is 5. The molecular weight excluding hydrogens is 891 g/mol. The van der Waals surface area contributed by atoms with E-state index in [1.54, 1.807) is 0 Å². The summed E-state index contributed by atoms with van der Waals surface area (Å²) in [6.45, 7) is 37.4. The minimum Gasteiger partial charge on any atom is -0.457 e. The number of ether oxygens (including phenoxy) is 1. The molecule has 0 bridgehead atoms. The maximum absolute atomic E-state index is 6.88. The van der Waals surface area contributed by atoms with Crippen molar-refractivity contribution in [3.05, 3.63) is 184 Å². The molecule has 4 heterocycles. The summed E-state index contributed by atoms with van der Waals surface area (Å²) < 4.78 is 9.15. The SMILES string of the molecule is Cc1cc(C(C)(C)C)cc(C)c1-c1cc(C(C)(C)C)cc(-c2c(C)cc(C(C)(C)C)cc2C)c1N1CN(c2cccc(Oc3ccc4c5ccccc5n(-c5cc(C(C)(C)C)ccn5)c4c3)c2)c2cnccc21. The van der Waals surface area contributed by atoms with Crippen LogP contribution in [0.3, 0.4) is 0 Å². The smallest absolute Gasteiger partial charge is 0.137 e. The van der Waals surface area contributed by atoms with E-state index in [4.69, 9.17) is 14.7 Å². The van der Waals surface area contributed by atoms with Crippen LogP contribution in [0.2, 0.25) is 0 Å². The van der Waals surface area contributed by atoms with Gasteiger partial charge < -0.3 is 14.5 Å². The van der Waals surface area contributed by atoms with E-state index < -0.39 is 0 Å². The van der Waals surface area contributed by atoms with Crippen LogP contribution < -0.4 is 14.5 Å². The van der Waals surface area contributed by atoms with Gasteiger partial charge in [0, 0.05) is 52.1 Å². The van der Waals surface area contributed by atoms with Crippen LogP contribution in [0, 0.1) is 27.7 Å². The Kier molecular flexibility index (Phi) is 12.0. The van der Waals surface area contributed by atoms with Crippen molar-refractivity contribution in [3.63, 3.8) is 0 Å². The summed E-state index contributed by atoms with van der Waals surface area (Å²) in [6.07, 6.45) is 5.88. The maximum atomic E-state index is 6.88. The van der Waals surface area contributed by atoms with Crippen molar-refractivity contribution < 1.29 is 4.74 Å². The van der Waals surface area contributed by atoms with Crippen molar-refractivity contribution in [2.45, 2.75) is 132 Å². The number of anilines is 4. The number of pyridine rings is 2. The predicted molar refractivity (Wildman–Crippen MR) is 310 cm³/mol. The van der Waals surface area contributed by atoms with Gasteiger partial charge in [-0.2, -0.15) is 0 Å². The normalized spacial score (nSPS) is 13.4. The number of aromatic nitrogens is 3. The van der Waals surface area contributed by atoms with Crippen LogP contribution in [-0.4, -0.2) is 21.2 Å². The number of para-hydroxylation sites is 1. The average molecular weight is 964 g/mol. The minimum atomic E-state index is -0.114. The second-order valence-electron chi connectivity index (χ2n) is 24.8. The van der Waals surface area contributed by atoms with Crippen LogP contribution in [0.15, 0.2) is 140 Å². The highest BCUT2D eigenvalue weighted by Crippen LogP contribution is 2.53. The first-order valence-electron chi connectivity index (χ1n) is 26.1. The first-order valence-corrected chi connectivity index (χ1v) is 26.1. The van der Waals surface area contributed by atoms with Crippen LogP contribution >= 0.6 is 0 Å². The minimum absolute atomic E-state index is 0.0147. The lowest BCUT2D eigenvalue weighted by molar-refractivity contribution is 0.483. The monoisotopic (exact) mass is 964 g/mol. The molecule has 9 aromatic rings. The highest BCUT2D eigenvalue weighted by atomic mass is 16.5. The molecule has 0 aliphatic carbocycles. The molecule has 0 saturated heterocycles. The molecule has 0 atom stereocenters. The zero-order valence-electron chi connectivity index (χ0n) is 46.1. The average Bonchev–Trinajstić information content (AvgIpc) is 3.86. The predicted octanol–water partition coefficient (Wildman–Crippen LogP) is 18.4. The molecule has 6 aromatic carbocycles. The summed E-state index contributed by atoms with van der Waals surface area (Å²) in [5.74, 6) is 2.40. The molecule has 0 unspecified atom stereocenters. The van der Waals surface area contributed by atoms with E-state index in [-0.39, 0.29) is 21.7 Å². The first-order chi connectivity index (χ1) is 34.4. The summed E-state index contributed by atoms with van der Waals surface area (Å²) >= 11 is 0. The largest absolute Gasteiger partial charge is 0.457 e. The highest BCUT2D eigenvalue weighted by Gasteiger charge is 2.35. The van der Waals surface area contributed by atoms with E-state index in [1.165, 1.54) is 77.8 Å². The summed E-state index contributed by atoms with van der Waals surface area (Å²) in [7, 11) is 0. The van der Waals surface area contributed by atoms with E-state index in [2.05, 4.69) is 246 Å². The second kappa shape index (κ2) is 17.8. The van der Waals surface area contributed by atoms with E-state index in [0.717, 1.165) is 50.8 Å². The molecule has 0 radical (unpaired) electrons. The van der Waals surface area contributed by atoms with E-state index in [1.807, 2.05) is 18.6 Å². The first kappa shape index (κ1) is 49.4. The standard InChI is InChI=1S/C67H73N5O/c1-41-30-46(65(8,9)10)31-42(2)61(41)54-34-48(67(14,15)16)35-55(62-43(3)32-47(33-44(62)4)66(11,12)13)63(54)71-40-70(59-39-68-28-27-57(59)71)49-20-19-21-50(37-49)73-51-24-25-53-52-22-17-18-23-56(52)72(58(53)38-51)60-36-45(26-29-69-60)64(5,6)7/h17-39H,40H2,1-16H3. The van der Waals surface area contributed by atoms with Crippen molar-refractivity contribution in [3.8, 4) is 39.6 Å². The lowest BCUT2D eigenvalue weighted by atomic mass is 9.77. The van der Waals surface area contributed by atoms with Gasteiger partial charge in [0.1, 0.15) is 24.0 Å². The lowest BCUT2D eigenvalue weighted by Gasteiger charge is -2.32. The topological polar surface area (TPSA) is 46.4 Å². The van der Waals surface area contributed by atoms with Gasteiger partial charge in [0.15, 0.2) is 0 Å². The Morgan fingerprint density at radius 3 is 1.59 bits per heavy atom. The van der Waals surface area contributed by atoms with E-state index in [0.29, 0.717) is 6.67 Å². The number of fused-ring (bicyclic) bond motifs is 4. The molecule has 0 saturated carbocycles. The third-order valence-corrected chi connectivity index (χ3v) is 15.1. The Morgan fingerprint density at radius 1 is 0.452 bits per heavy atom. The van der Waals surface area contributed by atoms with Crippen molar-refractivity contribution in [1.29, 1.82) is 0 Å². The van der Waals surface area contributed by atoms with Gasteiger partial charge in [-0.15, -0.1) is 0 Å². The molecule has 3 aromatic heterocycles. The van der Waals surface area contributed by atoms with Crippen LogP contribution in [0.5, 0.6) is 11.5 Å². The second-order valence-corrected chi connectivity index (χ2v) is 24.8. The summed E-state index contributed by atoms with van der Waals surface area (Å²) in [5.41, 5.74) is 21.8. The molecule has 73 heavy (non-hydrogen) atoms. The summed E-state index contributed by atoms with van der Waals surface area (Å²) in [6, 6.07) is 44.7. The molecule has 6 nitrogen and oxygen atoms in total. The molecule has 6 heteroatoms. The fourth-order valence-electron chi connectivity index (χ4n) is 11.0. The maximum Gasteiger partial charge on any atom is 0.137 e. The van der Waals surface area contributed by atoms with Crippen LogP contribution in [0.1, 0.15) is 128 Å². The van der Waals surface area contributed by atoms with Crippen molar-refractivity contribution in [2.24, 2.45) is 0 Å². The Bertz CT molecular complexity index is 3480. The van der Waals surface area contributed by atoms with Crippen molar-refractivity contribution in [1.82, 2.24) is 14.5 Å². The van der Waals surface area contributed by atoms with Crippen LogP contribution in [0.25, 0.3) is 49.9 Å². The number of benzene rings is 6. The molecule has 0 spiro atoms. The van der Waals surface area contributed by atoms with Gasteiger partial charge in [0.25, 0.3) is 0 Å². The van der Waals surface area contributed by atoms with E-state index in [9.17, 15) is 0 Å². The van der Waals surface area contributed by atoms with Crippen LogP contribution in [-0.2, 0) is 21.7 Å². The van der Waals surface area contributed by atoms with Gasteiger partial charge in [-0.3, -0.25) is 9.55 Å². The molecule has 0 N–H and O–H groups in total. The molecule has 372 valence electrons. The van der Waals surface area contributed by atoms with Crippen molar-refractivity contribution in [2.75, 3.05) is 16.5 Å². The number of hydrogen-bond donors (Lipinski definition) is 0. The summed E-state index contributed by atoms with van der Waals surface area (Å²) in [4.78, 5) is 14.6. The molecule has 10 rings (SSSR count). The Morgan fingerprint density at radius 2 is 1.00 bits per heavy atom. The Hall–Kier alpha value is -7.18. The van der Waals surface area contributed by atoms with Gasteiger partial charge in [-0.25, -0.2) is 4.98 Å². The number of rotatable bonds is 7. The Balaban J connectivity index is 1.12. The third kappa shape index (κ3) is 9.08. The highest BCUT2D eigenvalue weighted by molar-refractivity contribution is 6.09. The van der Waals surface area contributed by atoms with Gasteiger partial charge in [-0.05, 0) is 166 Å². The molecule has 0 amide bonds. The molecule has 1 aliphatic heterocycles. The molecule has 1 aliphatic rings. The van der Waals surface area contributed by atoms with Crippen molar-refractivity contribution >= 4 is 44.6 Å². The zero-order chi connectivity index (χ0) is 52.1. The van der Waals surface area contributed by atoms with Gasteiger partial charge in [0.2, 0.25) is 0 Å². The van der Waals surface area contributed by atoms with E-state index >= 15 is 0 Å². The molecular formula is C67H73N5O. The number of hydrogen-bond acceptors (Lipinski definition) is 5. The fourth-order valence-corrected chi connectivity index (χ4v) is 11.0. The third-order valence-electron chi connectivity index (χ3n) is 15.1.